The van der Waals surface area contributed by atoms with Gasteiger partial charge in [0.1, 0.15) is 13.2 Å². The van der Waals surface area contributed by atoms with E-state index >= 15 is 0 Å². The Morgan fingerprint density at radius 3 is 1.04 bits per heavy atom. The minimum absolute atomic E-state index is 0.0660. The SMILES string of the molecule is CCCCCCCC(=O)OC[C@@H](COC(=O)CCCCCCCCCCCCCCCCCCCCC(C)CC)OC(=O)CCCCCCCCCC(C)C. The fourth-order valence-corrected chi connectivity index (χ4v) is 7.25. The van der Waals surface area contributed by atoms with Crippen molar-refractivity contribution in [2.45, 2.75) is 272 Å². The smallest absolute Gasteiger partial charge is 0.306 e. The Bertz CT molecular complexity index is 841. The molecule has 55 heavy (non-hydrogen) atoms. The zero-order valence-corrected chi connectivity index (χ0v) is 37.6. The molecule has 6 heteroatoms. The predicted octanol–water partition coefficient (Wildman–Crippen LogP) is 15.4. The summed E-state index contributed by atoms with van der Waals surface area (Å²) in [5.74, 6) is 0.816. The van der Waals surface area contributed by atoms with E-state index in [9.17, 15) is 14.4 Å². The van der Waals surface area contributed by atoms with Gasteiger partial charge >= 0.3 is 17.9 Å². The van der Waals surface area contributed by atoms with Crippen LogP contribution in [0.1, 0.15) is 266 Å². The molecule has 1 unspecified atom stereocenters. The van der Waals surface area contributed by atoms with E-state index < -0.39 is 6.10 Å². The minimum Gasteiger partial charge on any atom is -0.462 e. The molecule has 0 aliphatic heterocycles. The van der Waals surface area contributed by atoms with Crippen molar-refractivity contribution >= 4 is 17.9 Å². The third-order valence-corrected chi connectivity index (χ3v) is 11.3. The van der Waals surface area contributed by atoms with Crippen molar-refractivity contribution in [1.29, 1.82) is 0 Å². The van der Waals surface area contributed by atoms with Crippen LogP contribution in [0.5, 0.6) is 0 Å². The van der Waals surface area contributed by atoms with Gasteiger partial charge in [0.15, 0.2) is 6.10 Å². The van der Waals surface area contributed by atoms with Gasteiger partial charge in [-0.25, -0.2) is 0 Å². The Kier molecular flexibility index (Phi) is 40.8. The van der Waals surface area contributed by atoms with Crippen molar-refractivity contribution in [2.75, 3.05) is 13.2 Å². The van der Waals surface area contributed by atoms with Gasteiger partial charge in [0.25, 0.3) is 0 Å². The van der Waals surface area contributed by atoms with Gasteiger partial charge in [0, 0.05) is 19.3 Å². The van der Waals surface area contributed by atoms with Gasteiger partial charge < -0.3 is 14.2 Å². The molecule has 0 spiro atoms. The lowest BCUT2D eigenvalue weighted by Gasteiger charge is -2.18. The molecule has 0 saturated heterocycles. The number of carbonyl (C=O) groups excluding carboxylic acids is 3. The lowest BCUT2D eigenvalue weighted by Crippen LogP contribution is -2.30. The van der Waals surface area contributed by atoms with E-state index in [1.54, 1.807) is 0 Å². The summed E-state index contributed by atoms with van der Waals surface area (Å²) < 4.78 is 16.6. The van der Waals surface area contributed by atoms with Crippen LogP contribution in [-0.2, 0) is 28.6 Å². The number of hydrogen-bond donors (Lipinski definition) is 0. The van der Waals surface area contributed by atoms with E-state index in [-0.39, 0.29) is 31.1 Å². The van der Waals surface area contributed by atoms with Gasteiger partial charge in [0.05, 0.1) is 0 Å². The molecule has 2 atom stereocenters. The van der Waals surface area contributed by atoms with Crippen molar-refractivity contribution in [1.82, 2.24) is 0 Å². The van der Waals surface area contributed by atoms with Crippen molar-refractivity contribution < 1.29 is 28.6 Å². The van der Waals surface area contributed by atoms with Crippen LogP contribution < -0.4 is 0 Å². The second-order valence-electron chi connectivity index (χ2n) is 17.5. The van der Waals surface area contributed by atoms with Crippen LogP contribution in [0.2, 0.25) is 0 Å². The van der Waals surface area contributed by atoms with Crippen LogP contribution in [0.3, 0.4) is 0 Å². The number of ether oxygens (including phenoxy) is 3. The quantitative estimate of drug-likeness (QED) is 0.0348. The molecular formula is C49H94O6. The summed E-state index contributed by atoms with van der Waals surface area (Å²) in [5.41, 5.74) is 0. The second-order valence-corrected chi connectivity index (χ2v) is 17.5. The topological polar surface area (TPSA) is 78.9 Å². The Morgan fingerprint density at radius 1 is 0.382 bits per heavy atom. The molecule has 0 aromatic heterocycles. The van der Waals surface area contributed by atoms with Crippen LogP contribution in [0, 0.1) is 11.8 Å². The maximum Gasteiger partial charge on any atom is 0.306 e. The molecule has 6 nitrogen and oxygen atoms in total. The monoisotopic (exact) mass is 779 g/mol. The lowest BCUT2D eigenvalue weighted by molar-refractivity contribution is -0.167. The minimum atomic E-state index is -0.759. The summed E-state index contributed by atoms with van der Waals surface area (Å²) in [6.07, 6.45) is 41.3. The summed E-state index contributed by atoms with van der Waals surface area (Å²) in [4.78, 5) is 37.5. The van der Waals surface area contributed by atoms with E-state index in [0.29, 0.717) is 19.3 Å². The molecule has 0 amide bonds. The van der Waals surface area contributed by atoms with Crippen LogP contribution in [-0.4, -0.2) is 37.2 Å². The zero-order chi connectivity index (χ0) is 40.5. The first-order chi connectivity index (χ1) is 26.8. The van der Waals surface area contributed by atoms with Gasteiger partial charge in [0.2, 0.25) is 0 Å². The largest absolute Gasteiger partial charge is 0.462 e. The first kappa shape index (κ1) is 53.4. The molecule has 0 aromatic rings. The van der Waals surface area contributed by atoms with Crippen molar-refractivity contribution in [3.05, 3.63) is 0 Å². The number of hydrogen-bond acceptors (Lipinski definition) is 6. The Labute approximate surface area is 342 Å². The molecule has 0 rings (SSSR count). The van der Waals surface area contributed by atoms with Crippen LogP contribution in [0.4, 0.5) is 0 Å². The van der Waals surface area contributed by atoms with E-state index in [1.165, 1.54) is 148 Å². The molecule has 0 heterocycles. The van der Waals surface area contributed by atoms with Crippen LogP contribution in [0.15, 0.2) is 0 Å². The summed E-state index contributed by atoms with van der Waals surface area (Å²) >= 11 is 0. The number of unbranched alkanes of at least 4 members (excludes halogenated alkanes) is 27. The highest BCUT2D eigenvalue weighted by Gasteiger charge is 2.19. The number of carbonyl (C=O) groups is 3. The standard InChI is InChI=1S/C49H94O6/c1-6-8-9-27-34-39-47(50)53-42-46(55-49(52)41-36-31-26-22-23-28-32-37-44(3)4)43-54-48(51)40-35-30-25-21-19-17-15-13-11-10-12-14-16-18-20-24-29-33-38-45(5)7-2/h44-46H,6-43H2,1-5H3/t45?,46-/m0/s1. The predicted molar refractivity (Wildman–Crippen MR) is 233 cm³/mol. The Balaban J connectivity index is 4.02. The lowest BCUT2D eigenvalue weighted by atomic mass is 9.99. The van der Waals surface area contributed by atoms with Crippen molar-refractivity contribution in [3.8, 4) is 0 Å². The molecule has 0 aliphatic carbocycles. The molecule has 0 radical (unpaired) electrons. The van der Waals surface area contributed by atoms with Gasteiger partial charge in [-0.1, -0.05) is 227 Å². The Hall–Kier alpha value is -1.59. The highest BCUT2D eigenvalue weighted by Crippen LogP contribution is 2.18. The molecule has 326 valence electrons. The third-order valence-electron chi connectivity index (χ3n) is 11.3. The molecule has 0 aromatic carbocycles. The molecule has 0 aliphatic rings. The summed E-state index contributed by atoms with van der Waals surface area (Å²) in [6.45, 7) is 11.3. The maximum atomic E-state index is 12.6. The number of esters is 3. The van der Waals surface area contributed by atoms with Crippen molar-refractivity contribution in [3.63, 3.8) is 0 Å². The van der Waals surface area contributed by atoms with Crippen LogP contribution in [0.25, 0.3) is 0 Å². The molecule has 0 N–H and O–H groups in total. The third kappa shape index (κ3) is 41.9. The summed E-state index contributed by atoms with van der Waals surface area (Å²) in [7, 11) is 0. The fraction of sp³-hybridized carbons (Fsp3) is 0.939. The molecule has 0 fully saturated rings. The number of rotatable bonds is 43. The normalized spacial score (nSPS) is 12.5. The first-order valence-electron chi connectivity index (χ1n) is 24.3. The average Bonchev–Trinajstić information content (AvgIpc) is 3.17. The molecule has 0 saturated carbocycles. The van der Waals surface area contributed by atoms with Gasteiger partial charge in [-0.2, -0.15) is 0 Å². The maximum absolute atomic E-state index is 12.6. The van der Waals surface area contributed by atoms with E-state index in [1.807, 2.05) is 0 Å². The van der Waals surface area contributed by atoms with Gasteiger partial charge in [-0.05, 0) is 31.1 Å². The van der Waals surface area contributed by atoms with E-state index in [2.05, 4.69) is 34.6 Å². The van der Waals surface area contributed by atoms with Gasteiger partial charge in [-0.3, -0.25) is 14.4 Å². The highest BCUT2D eigenvalue weighted by atomic mass is 16.6. The summed E-state index contributed by atoms with van der Waals surface area (Å²) in [6, 6.07) is 0. The van der Waals surface area contributed by atoms with Crippen LogP contribution >= 0.6 is 0 Å². The zero-order valence-electron chi connectivity index (χ0n) is 37.6. The van der Waals surface area contributed by atoms with E-state index in [4.69, 9.17) is 14.2 Å². The highest BCUT2D eigenvalue weighted by molar-refractivity contribution is 5.71. The average molecular weight is 779 g/mol. The molecule has 0 bridgehead atoms. The van der Waals surface area contributed by atoms with Crippen molar-refractivity contribution in [2.24, 2.45) is 11.8 Å². The first-order valence-corrected chi connectivity index (χ1v) is 24.3. The summed E-state index contributed by atoms with van der Waals surface area (Å²) in [5, 5.41) is 0. The fourth-order valence-electron chi connectivity index (χ4n) is 7.25. The second kappa shape index (κ2) is 42.0. The molecular weight excluding hydrogens is 685 g/mol. The van der Waals surface area contributed by atoms with Gasteiger partial charge in [-0.15, -0.1) is 0 Å². The Morgan fingerprint density at radius 2 is 0.691 bits per heavy atom. The van der Waals surface area contributed by atoms with E-state index in [0.717, 1.165) is 76.0 Å².